The van der Waals surface area contributed by atoms with Gasteiger partial charge in [0, 0.05) is 6.42 Å². The number of benzene rings is 1. The summed E-state index contributed by atoms with van der Waals surface area (Å²) in [5.41, 5.74) is -2.50. The Balaban J connectivity index is 2.91. The summed E-state index contributed by atoms with van der Waals surface area (Å²) >= 11 is 0. The molecule has 1 rings (SSSR count). The minimum absolute atomic E-state index is 0.338. The van der Waals surface area contributed by atoms with Crippen LogP contribution in [0.15, 0.2) is 24.3 Å². The zero-order valence-corrected chi connectivity index (χ0v) is 10.7. The lowest BCUT2D eigenvalue weighted by atomic mass is 9.92. The molecule has 0 heterocycles. The Kier molecular flexibility index (Phi) is 4.90. The molecular weight excluding hydrogens is 284 g/mol. The van der Waals surface area contributed by atoms with Gasteiger partial charge in [0.25, 0.3) is 0 Å². The monoisotopic (exact) mass is 298 g/mol. The van der Waals surface area contributed by atoms with Gasteiger partial charge >= 0.3 is 11.9 Å². The first-order valence-electron chi connectivity index (χ1n) is 5.73. The smallest absolute Gasteiger partial charge is 0.339 e. The highest BCUT2D eigenvalue weighted by Gasteiger charge is 2.46. The van der Waals surface area contributed by atoms with Crippen LogP contribution in [-0.4, -0.2) is 54.3 Å². The van der Waals surface area contributed by atoms with E-state index in [4.69, 9.17) is 15.3 Å². The molecule has 0 bridgehead atoms. The molecule has 1 aromatic carbocycles. The number of phenols is 2. The van der Waals surface area contributed by atoms with E-state index in [1.54, 1.807) is 0 Å². The van der Waals surface area contributed by atoms with E-state index in [1.165, 1.54) is 24.3 Å². The van der Waals surface area contributed by atoms with Crippen LogP contribution in [0.5, 0.6) is 11.5 Å². The van der Waals surface area contributed by atoms with Gasteiger partial charge in [-0.25, -0.2) is 9.59 Å². The van der Waals surface area contributed by atoms with Gasteiger partial charge < -0.3 is 30.6 Å². The Hall–Kier alpha value is -2.58. The van der Waals surface area contributed by atoms with Gasteiger partial charge in [-0.3, -0.25) is 0 Å². The van der Waals surface area contributed by atoms with E-state index in [0.29, 0.717) is 5.56 Å². The molecule has 0 aliphatic rings. The molecule has 8 nitrogen and oxygen atoms in total. The van der Waals surface area contributed by atoms with Gasteiger partial charge in [-0.15, -0.1) is 0 Å². The second kappa shape index (κ2) is 6.25. The molecule has 0 saturated heterocycles. The number of hydrogen-bond acceptors (Lipinski definition) is 6. The van der Waals surface area contributed by atoms with E-state index in [2.05, 4.69) is 0 Å². The molecular formula is C13H14O8. The first kappa shape index (κ1) is 16.5. The zero-order chi connectivity index (χ0) is 16.2. The molecule has 0 saturated carbocycles. The average Bonchev–Trinajstić information content (AvgIpc) is 2.41. The maximum atomic E-state index is 10.9. The van der Waals surface area contributed by atoms with E-state index >= 15 is 0 Å². The highest BCUT2D eigenvalue weighted by Crippen LogP contribution is 2.26. The third kappa shape index (κ3) is 3.71. The number of phenolic OH excluding ortho intramolecular Hbond substituents is 2. The van der Waals surface area contributed by atoms with E-state index in [9.17, 15) is 24.9 Å². The predicted molar refractivity (Wildman–Crippen MR) is 69.7 cm³/mol. The summed E-state index contributed by atoms with van der Waals surface area (Å²) < 4.78 is 0. The predicted octanol–water partition coefficient (Wildman–Crippen LogP) is -0.238. The lowest BCUT2D eigenvalue weighted by molar-refractivity contribution is -0.182. The lowest BCUT2D eigenvalue weighted by Gasteiger charge is -2.24. The van der Waals surface area contributed by atoms with Gasteiger partial charge in [0.2, 0.25) is 5.60 Å². The van der Waals surface area contributed by atoms with Crippen LogP contribution in [0.25, 0.3) is 6.08 Å². The van der Waals surface area contributed by atoms with Gasteiger partial charge in [0.05, 0.1) is 0 Å². The van der Waals surface area contributed by atoms with Crippen LogP contribution < -0.4 is 0 Å². The molecule has 1 aromatic rings. The fourth-order valence-corrected chi connectivity index (χ4v) is 1.54. The summed E-state index contributed by atoms with van der Waals surface area (Å²) in [4.78, 5) is 21.5. The number of rotatable bonds is 6. The van der Waals surface area contributed by atoms with Crippen molar-refractivity contribution in [2.45, 2.75) is 18.1 Å². The van der Waals surface area contributed by atoms with Gasteiger partial charge in [-0.2, -0.15) is 0 Å². The Morgan fingerprint density at radius 1 is 1.19 bits per heavy atom. The number of carbonyl (C=O) groups is 2. The molecule has 0 aliphatic carbocycles. The van der Waals surface area contributed by atoms with Gasteiger partial charge in [0.1, 0.15) is 0 Å². The van der Waals surface area contributed by atoms with Crippen LogP contribution in [0.3, 0.4) is 0 Å². The minimum Gasteiger partial charge on any atom is -0.504 e. The van der Waals surface area contributed by atoms with Crippen LogP contribution >= 0.6 is 0 Å². The second-order valence-corrected chi connectivity index (χ2v) is 4.32. The highest BCUT2D eigenvalue weighted by atomic mass is 16.4. The third-order valence-electron chi connectivity index (χ3n) is 2.80. The van der Waals surface area contributed by atoms with E-state index < -0.39 is 35.8 Å². The third-order valence-corrected chi connectivity index (χ3v) is 2.80. The molecule has 0 fully saturated rings. The quantitative estimate of drug-likeness (QED) is 0.393. The first-order valence-corrected chi connectivity index (χ1v) is 5.73. The molecule has 0 amide bonds. The molecule has 0 radical (unpaired) electrons. The summed E-state index contributed by atoms with van der Waals surface area (Å²) in [5, 5.41) is 54.8. The molecule has 0 aliphatic heterocycles. The van der Waals surface area contributed by atoms with Crippen LogP contribution in [0, 0.1) is 0 Å². The Labute approximate surface area is 118 Å². The minimum atomic E-state index is -2.87. The summed E-state index contributed by atoms with van der Waals surface area (Å²) in [6, 6.07) is 3.78. The SMILES string of the molecule is O=C(O)C(O)C(O)(CC=Cc1ccc(O)c(O)c1)C(=O)O. The molecule has 0 aromatic heterocycles. The second-order valence-electron chi connectivity index (χ2n) is 4.32. The molecule has 0 spiro atoms. The maximum Gasteiger partial charge on any atom is 0.339 e. The lowest BCUT2D eigenvalue weighted by Crippen LogP contribution is -2.52. The van der Waals surface area contributed by atoms with E-state index in [0.717, 1.165) is 6.08 Å². The highest BCUT2D eigenvalue weighted by molar-refractivity contribution is 5.87. The largest absolute Gasteiger partial charge is 0.504 e. The van der Waals surface area contributed by atoms with Gasteiger partial charge in [0.15, 0.2) is 17.6 Å². The van der Waals surface area contributed by atoms with Crippen molar-refractivity contribution >= 4 is 18.0 Å². The fraction of sp³-hybridized carbons (Fsp3) is 0.231. The maximum absolute atomic E-state index is 10.9. The number of aliphatic hydroxyl groups is 2. The van der Waals surface area contributed by atoms with Crippen LogP contribution in [0.1, 0.15) is 12.0 Å². The van der Waals surface area contributed by atoms with E-state index in [-0.39, 0.29) is 5.75 Å². The Morgan fingerprint density at radius 3 is 2.29 bits per heavy atom. The average molecular weight is 298 g/mol. The summed E-state index contributed by atoms with van der Waals surface area (Å²) in [6.45, 7) is 0. The molecule has 2 atom stereocenters. The summed E-state index contributed by atoms with van der Waals surface area (Å²) in [7, 11) is 0. The molecule has 6 N–H and O–H groups in total. The van der Waals surface area contributed by atoms with Crippen molar-refractivity contribution in [2.24, 2.45) is 0 Å². The Bertz CT molecular complexity index is 580. The summed E-state index contributed by atoms with van der Waals surface area (Å²) in [5.74, 6) is -4.47. The van der Waals surface area contributed by atoms with Crippen molar-refractivity contribution in [3.63, 3.8) is 0 Å². The van der Waals surface area contributed by atoms with Gasteiger partial charge in [-0.05, 0) is 17.7 Å². The Morgan fingerprint density at radius 2 is 1.81 bits per heavy atom. The number of aliphatic hydroxyl groups excluding tert-OH is 1. The number of hydrogen-bond donors (Lipinski definition) is 6. The van der Waals surface area contributed by atoms with E-state index in [1.807, 2.05) is 0 Å². The standard InChI is InChI=1S/C13H14O8/c14-8-4-3-7(6-9(8)15)2-1-5-13(21,12(19)20)10(16)11(17)18/h1-4,6,10,14-16,21H,5H2,(H,17,18)(H,19,20). The van der Waals surface area contributed by atoms with Crippen LogP contribution in [0.4, 0.5) is 0 Å². The topological polar surface area (TPSA) is 156 Å². The van der Waals surface area contributed by atoms with Crippen molar-refractivity contribution in [1.29, 1.82) is 0 Å². The number of aliphatic carboxylic acids is 2. The van der Waals surface area contributed by atoms with Crippen molar-refractivity contribution < 1.29 is 40.2 Å². The van der Waals surface area contributed by atoms with Crippen LogP contribution in [0.2, 0.25) is 0 Å². The first-order chi connectivity index (χ1) is 9.68. The van der Waals surface area contributed by atoms with Crippen molar-refractivity contribution in [3.8, 4) is 11.5 Å². The fourth-order valence-electron chi connectivity index (χ4n) is 1.54. The molecule has 114 valence electrons. The zero-order valence-electron chi connectivity index (χ0n) is 10.7. The number of carboxylic acid groups (broad SMARTS) is 2. The van der Waals surface area contributed by atoms with Crippen LogP contribution in [-0.2, 0) is 9.59 Å². The number of carboxylic acids is 2. The molecule has 8 heteroatoms. The van der Waals surface area contributed by atoms with Crippen molar-refractivity contribution in [2.75, 3.05) is 0 Å². The normalized spacial score (nSPS) is 15.5. The van der Waals surface area contributed by atoms with Gasteiger partial charge in [-0.1, -0.05) is 18.2 Å². The molecule has 2 unspecified atom stereocenters. The number of aromatic hydroxyl groups is 2. The summed E-state index contributed by atoms with van der Waals surface area (Å²) in [6.07, 6.45) is -0.738. The van der Waals surface area contributed by atoms with Crippen molar-refractivity contribution in [1.82, 2.24) is 0 Å². The molecule has 21 heavy (non-hydrogen) atoms. The van der Waals surface area contributed by atoms with Crippen molar-refractivity contribution in [3.05, 3.63) is 29.8 Å².